The Balaban J connectivity index is 1.31. The van der Waals surface area contributed by atoms with Crippen LogP contribution in [0.25, 0.3) is 0 Å². The molecule has 2 heterocycles. The van der Waals surface area contributed by atoms with Crippen LogP contribution >= 0.6 is 0 Å². The van der Waals surface area contributed by atoms with Gasteiger partial charge in [-0.1, -0.05) is 32.8 Å². The highest BCUT2D eigenvalue weighted by atomic mass is 16.5. The van der Waals surface area contributed by atoms with Crippen LogP contribution in [0.1, 0.15) is 76.5 Å². The number of carboxylic acid groups (broad SMARTS) is 1. The molecule has 1 fully saturated rings. The van der Waals surface area contributed by atoms with Crippen molar-refractivity contribution in [2.75, 3.05) is 18.5 Å². The molecule has 1 aromatic heterocycles. The Morgan fingerprint density at radius 3 is 2.78 bits per heavy atom. The van der Waals surface area contributed by atoms with Crippen molar-refractivity contribution in [1.82, 2.24) is 10.3 Å². The van der Waals surface area contributed by atoms with Crippen molar-refractivity contribution in [2.24, 2.45) is 11.8 Å². The zero-order chi connectivity index (χ0) is 22.9. The topological polar surface area (TPSA) is 101 Å². The molecule has 7 nitrogen and oxygen atoms in total. The van der Waals surface area contributed by atoms with Gasteiger partial charge >= 0.3 is 5.97 Å². The quantitative estimate of drug-likeness (QED) is 0.425. The maximum atomic E-state index is 12.1. The number of hydrogen-bond donors (Lipinski definition) is 3. The number of carbonyl (C=O) groups is 2. The van der Waals surface area contributed by atoms with E-state index in [1.807, 2.05) is 0 Å². The van der Waals surface area contributed by atoms with Crippen LogP contribution < -0.4 is 10.6 Å². The Morgan fingerprint density at radius 1 is 1.28 bits per heavy atom. The molecule has 1 saturated carbocycles. The molecule has 1 amide bonds. The van der Waals surface area contributed by atoms with Crippen molar-refractivity contribution >= 4 is 17.7 Å². The van der Waals surface area contributed by atoms with Gasteiger partial charge in [-0.25, -0.2) is 9.78 Å². The zero-order valence-corrected chi connectivity index (χ0v) is 19.6. The Hall–Kier alpha value is -2.15. The van der Waals surface area contributed by atoms with Gasteiger partial charge in [0.05, 0.1) is 6.10 Å². The average molecular weight is 446 g/mol. The third-order valence-corrected chi connectivity index (χ3v) is 6.98. The Kier molecular flexibility index (Phi) is 9.33. The van der Waals surface area contributed by atoms with Crippen molar-refractivity contribution in [3.8, 4) is 0 Å². The normalized spacial score (nSPS) is 20.7. The summed E-state index contributed by atoms with van der Waals surface area (Å²) in [5.74, 6) is 0.829. The molecule has 32 heavy (non-hydrogen) atoms. The summed E-state index contributed by atoms with van der Waals surface area (Å²) < 4.78 is 5.88. The van der Waals surface area contributed by atoms with E-state index in [4.69, 9.17) is 9.72 Å². The summed E-state index contributed by atoms with van der Waals surface area (Å²) in [5.41, 5.74) is 2.47. The minimum atomic E-state index is -0.995. The molecule has 0 radical (unpaired) electrons. The smallest absolute Gasteiger partial charge is 0.326 e. The van der Waals surface area contributed by atoms with E-state index in [0.717, 1.165) is 63.0 Å². The molecule has 2 aliphatic rings. The number of nitrogens with one attached hydrogen (secondary N) is 2. The maximum Gasteiger partial charge on any atom is 0.326 e. The summed E-state index contributed by atoms with van der Waals surface area (Å²) >= 11 is 0. The molecule has 3 N–H and O–H groups in total. The zero-order valence-electron chi connectivity index (χ0n) is 19.6. The second kappa shape index (κ2) is 12.2. The highest BCUT2D eigenvalue weighted by Gasteiger charge is 2.30. The van der Waals surface area contributed by atoms with Crippen molar-refractivity contribution < 1.29 is 19.4 Å². The van der Waals surface area contributed by atoms with E-state index in [2.05, 4.69) is 36.6 Å². The fourth-order valence-electron chi connectivity index (χ4n) is 4.61. The number of amides is 1. The number of ether oxygens (including phenoxy) is 1. The van der Waals surface area contributed by atoms with Gasteiger partial charge in [0.2, 0.25) is 5.91 Å². The molecule has 178 valence electrons. The van der Waals surface area contributed by atoms with Gasteiger partial charge in [-0.05, 0) is 62.0 Å². The van der Waals surface area contributed by atoms with E-state index in [9.17, 15) is 14.7 Å². The molecule has 0 bridgehead atoms. The van der Waals surface area contributed by atoms with Crippen LogP contribution in [0.4, 0.5) is 5.82 Å². The summed E-state index contributed by atoms with van der Waals surface area (Å²) in [4.78, 5) is 28.4. The monoisotopic (exact) mass is 445 g/mol. The molecule has 0 unspecified atom stereocenters. The average Bonchev–Trinajstić information content (AvgIpc) is 2.77. The Morgan fingerprint density at radius 2 is 2.06 bits per heavy atom. The SMILES string of the molecule is CCC(CC)CC(=O)N[C@H](CCO[C@H]1C[C@H](CCc2ccc3c(n2)NCCC3)C1)C(=O)O. The standard InChI is InChI=1S/C25H39N3O4/c1-3-17(4-2)16-23(29)28-22(25(30)31)11-13-32-21-14-18(15-21)7-9-20-10-8-19-6-5-12-26-24(19)27-20/h8,10,17-18,21-22H,3-7,9,11-16H2,1-2H3,(H,26,27)(H,28,29)(H,30,31)/t18-,21-,22-/m1/s1. The summed E-state index contributed by atoms with van der Waals surface area (Å²) in [7, 11) is 0. The number of aryl methyl sites for hydroxylation is 2. The first-order chi connectivity index (χ1) is 15.5. The molecule has 0 aromatic carbocycles. The van der Waals surface area contributed by atoms with Crippen LogP contribution in [0, 0.1) is 11.8 Å². The minimum Gasteiger partial charge on any atom is -0.480 e. The van der Waals surface area contributed by atoms with E-state index < -0.39 is 12.0 Å². The fourth-order valence-corrected chi connectivity index (χ4v) is 4.61. The Labute approximate surface area is 191 Å². The van der Waals surface area contributed by atoms with E-state index in [1.165, 1.54) is 12.0 Å². The van der Waals surface area contributed by atoms with Gasteiger partial charge in [0.15, 0.2) is 0 Å². The fraction of sp³-hybridized carbons (Fsp3) is 0.720. The van der Waals surface area contributed by atoms with Gasteiger partial charge < -0.3 is 20.5 Å². The summed E-state index contributed by atoms with van der Waals surface area (Å²) in [5, 5.41) is 15.5. The molecule has 7 heteroatoms. The molecular weight excluding hydrogens is 406 g/mol. The van der Waals surface area contributed by atoms with E-state index in [1.54, 1.807) is 0 Å². The Bertz CT molecular complexity index is 760. The first-order valence-electron chi connectivity index (χ1n) is 12.3. The second-order valence-corrected chi connectivity index (χ2v) is 9.34. The van der Waals surface area contributed by atoms with Gasteiger partial charge in [0, 0.05) is 31.7 Å². The van der Waals surface area contributed by atoms with Crippen LogP contribution in [0.5, 0.6) is 0 Å². The van der Waals surface area contributed by atoms with Crippen molar-refractivity contribution in [3.63, 3.8) is 0 Å². The summed E-state index contributed by atoms with van der Waals surface area (Å²) in [6.45, 7) is 5.47. The van der Waals surface area contributed by atoms with Gasteiger partial charge in [0.1, 0.15) is 11.9 Å². The van der Waals surface area contributed by atoms with Crippen LogP contribution in [0.2, 0.25) is 0 Å². The summed E-state index contributed by atoms with van der Waals surface area (Å²) in [6, 6.07) is 3.48. The number of anilines is 1. The minimum absolute atomic E-state index is 0.180. The highest BCUT2D eigenvalue weighted by Crippen LogP contribution is 2.34. The third kappa shape index (κ3) is 7.19. The van der Waals surface area contributed by atoms with Gasteiger partial charge in [-0.2, -0.15) is 0 Å². The maximum absolute atomic E-state index is 12.1. The molecule has 1 aromatic rings. The molecule has 1 aliphatic carbocycles. The first kappa shape index (κ1) is 24.5. The van der Waals surface area contributed by atoms with Crippen LogP contribution in [-0.4, -0.2) is 47.3 Å². The number of rotatable bonds is 13. The molecular formula is C25H39N3O4. The number of carbonyl (C=O) groups excluding carboxylic acids is 1. The van der Waals surface area contributed by atoms with Gasteiger partial charge in [-0.15, -0.1) is 0 Å². The number of carboxylic acids is 1. The molecule has 1 aliphatic heterocycles. The third-order valence-electron chi connectivity index (χ3n) is 6.98. The predicted molar refractivity (Wildman–Crippen MR) is 125 cm³/mol. The number of aliphatic carboxylic acids is 1. The van der Waals surface area contributed by atoms with Gasteiger partial charge in [0.25, 0.3) is 0 Å². The summed E-state index contributed by atoms with van der Waals surface area (Å²) in [6.07, 6.45) is 9.15. The molecule has 0 saturated heterocycles. The lowest BCUT2D eigenvalue weighted by Gasteiger charge is -2.35. The van der Waals surface area contributed by atoms with E-state index in [-0.39, 0.29) is 12.0 Å². The number of pyridine rings is 1. The lowest BCUT2D eigenvalue weighted by Crippen LogP contribution is -2.42. The van der Waals surface area contributed by atoms with Gasteiger partial charge in [-0.3, -0.25) is 4.79 Å². The van der Waals surface area contributed by atoms with Crippen LogP contribution in [-0.2, 0) is 27.2 Å². The predicted octanol–water partition coefficient (Wildman–Crippen LogP) is 3.95. The molecule has 3 rings (SSSR count). The van der Waals surface area contributed by atoms with Crippen molar-refractivity contribution in [1.29, 1.82) is 0 Å². The number of hydrogen-bond acceptors (Lipinski definition) is 5. The molecule has 1 atom stereocenters. The largest absolute Gasteiger partial charge is 0.480 e. The van der Waals surface area contributed by atoms with E-state index in [0.29, 0.717) is 31.3 Å². The van der Waals surface area contributed by atoms with Crippen molar-refractivity contribution in [3.05, 3.63) is 23.4 Å². The van der Waals surface area contributed by atoms with E-state index >= 15 is 0 Å². The lowest BCUT2D eigenvalue weighted by molar-refractivity contribution is -0.143. The highest BCUT2D eigenvalue weighted by molar-refractivity contribution is 5.83. The lowest BCUT2D eigenvalue weighted by atomic mass is 9.79. The van der Waals surface area contributed by atoms with Crippen molar-refractivity contribution in [2.45, 2.75) is 90.2 Å². The van der Waals surface area contributed by atoms with Crippen LogP contribution in [0.3, 0.4) is 0 Å². The number of nitrogens with zero attached hydrogens (tertiary/aromatic N) is 1. The number of aromatic nitrogens is 1. The molecule has 0 spiro atoms. The first-order valence-corrected chi connectivity index (χ1v) is 12.3. The second-order valence-electron chi connectivity index (χ2n) is 9.34. The van der Waals surface area contributed by atoms with Crippen LogP contribution in [0.15, 0.2) is 12.1 Å². The number of fused-ring (bicyclic) bond motifs is 1.